The number of likely N-dealkylation sites (N-methyl/N-ethyl adjacent to an activating group) is 1. The van der Waals surface area contributed by atoms with Crippen molar-refractivity contribution in [2.24, 2.45) is 5.92 Å². The van der Waals surface area contributed by atoms with Gasteiger partial charge in [-0.05, 0) is 37.1 Å². The number of para-hydroxylation sites is 1. The lowest BCUT2D eigenvalue weighted by Gasteiger charge is -2.22. The van der Waals surface area contributed by atoms with Crippen LogP contribution in [0, 0.1) is 11.7 Å². The molecule has 1 aromatic heterocycles. The zero-order valence-electron chi connectivity index (χ0n) is 18.3. The van der Waals surface area contributed by atoms with Crippen molar-refractivity contribution in [2.45, 2.75) is 31.7 Å². The molecular formula is C22H24FN3O5S2. The predicted octanol–water partition coefficient (Wildman–Crippen LogP) is 3.33. The number of carbonyl (C=O) groups is 2. The van der Waals surface area contributed by atoms with Gasteiger partial charge in [0.15, 0.2) is 11.7 Å². The molecule has 1 atom stereocenters. The molecule has 33 heavy (non-hydrogen) atoms. The van der Waals surface area contributed by atoms with Gasteiger partial charge in [-0.25, -0.2) is 17.8 Å². The van der Waals surface area contributed by atoms with E-state index >= 15 is 0 Å². The second-order valence-electron chi connectivity index (χ2n) is 7.48. The van der Waals surface area contributed by atoms with Crippen LogP contribution in [0.3, 0.4) is 0 Å². The normalized spacial score (nSPS) is 12.6. The molecule has 0 saturated carbocycles. The van der Waals surface area contributed by atoms with E-state index in [9.17, 15) is 22.4 Å². The number of hydrogen-bond donors (Lipinski definition) is 1. The number of anilines is 1. The van der Waals surface area contributed by atoms with Crippen LogP contribution in [0.25, 0.3) is 10.2 Å². The van der Waals surface area contributed by atoms with Crippen LogP contribution in [-0.2, 0) is 24.3 Å². The van der Waals surface area contributed by atoms with Crippen molar-refractivity contribution in [1.29, 1.82) is 0 Å². The highest BCUT2D eigenvalue weighted by Gasteiger charge is 2.32. The molecule has 0 fully saturated rings. The zero-order valence-corrected chi connectivity index (χ0v) is 20.0. The molecule has 3 aromatic rings. The Morgan fingerprint density at radius 3 is 2.45 bits per heavy atom. The fraction of sp³-hybridized carbons (Fsp3) is 0.318. The Bertz CT molecular complexity index is 1230. The fourth-order valence-electron chi connectivity index (χ4n) is 3.04. The molecule has 3 rings (SSSR count). The van der Waals surface area contributed by atoms with E-state index < -0.39 is 51.2 Å². The lowest BCUT2D eigenvalue weighted by atomic mass is 10.1. The minimum atomic E-state index is -4.33. The first-order valence-electron chi connectivity index (χ1n) is 10.2. The Morgan fingerprint density at radius 2 is 1.82 bits per heavy atom. The number of amides is 1. The average molecular weight is 494 g/mol. The van der Waals surface area contributed by atoms with Crippen LogP contribution in [0.4, 0.5) is 9.52 Å². The maximum atomic E-state index is 14.0. The predicted molar refractivity (Wildman–Crippen MR) is 124 cm³/mol. The lowest BCUT2D eigenvalue weighted by molar-refractivity contribution is -0.150. The number of aromatic nitrogens is 1. The first-order chi connectivity index (χ1) is 15.6. The van der Waals surface area contributed by atoms with E-state index in [0.717, 1.165) is 22.3 Å². The first-order valence-corrected chi connectivity index (χ1v) is 12.5. The minimum Gasteiger partial charge on any atom is -0.454 e. The summed E-state index contributed by atoms with van der Waals surface area (Å²) in [4.78, 5) is 30.6. The van der Waals surface area contributed by atoms with Crippen LogP contribution in [0.2, 0.25) is 0 Å². The summed E-state index contributed by atoms with van der Waals surface area (Å²) in [5.74, 6) is -2.88. The zero-order chi connectivity index (χ0) is 24.2. The molecule has 1 N–H and O–H groups in total. The molecule has 0 aliphatic heterocycles. The summed E-state index contributed by atoms with van der Waals surface area (Å²) in [5, 5.41) is 0.473. The number of nitrogens with zero attached hydrogens (tertiary/aromatic N) is 2. The Labute approximate surface area is 195 Å². The second-order valence-corrected chi connectivity index (χ2v) is 10.2. The number of rotatable bonds is 9. The molecule has 0 saturated heterocycles. The van der Waals surface area contributed by atoms with E-state index in [4.69, 9.17) is 4.74 Å². The van der Waals surface area contributed by atoms with Gasteiger partial charge in [-0.3, -0.25) is 14.5 Å². The van der Waals surface area contributed by atoms with Gasteiger partial charge in [0.1, 0.15) is 16.8 Å². The van der Waals surface area contributed by atoms with Crippen LogP contribution >= 0.6 is 11.3 Å². The number of esters is 1. The van der Waals surface area contributed by atoms with Crippen molar-refractivity contribution in [2.75, 3.05) is 18.1 Å². The topological polar surface area (TPSA) is 106 Å². The quantitative estimate of drug-likeness (QED) is 0.459. The maximum Gasteiger partial charge on any atom is 0.324 e. The SMILES string of the molecule is CCN(C(=O)COC(=O)C(NS(=O)(=O)c1ccccc1F)C(C)C)c1nc2ccccc2s1. The number of halogens is 1. The molecule has 11 heteroatoms. The van der Waals surface area contributed by atoms with Gasteiger partial charge in [-0.1, -0.05) is 49.4 Å². The molecule has 1 unspecified atom stereocenters. The lowest BCUT2D eigenvalue weighted by Crippen LogP contribution is -2.46. The van der Waals surface area contributed by atoms with Crippen LogP contribution in [0.5, 0.6) is 0 Å². The van der Waals surface area contributed by atoms with Crippen LogP contribution in [0.15, 0.2) is 53.4 Å². The summed E-state index contributed by atoms with van der Waals surface area (Å²) in [6.07, 6.45) is 0. The van der Waals surface area contributed by atoms with E-state index in [1.54, 1.807) is 20.8 Å². The highest BCUT2D eigenvalue weighted by atomic mass is 32.2. The van der Waals surface area contributed by atoms with Gasteiger partial charge in [0.05, 0.1) is 10.2 Å². The second kappa shape index (κ2) is 10.4. The monoisotopic (exact) mass is 493 g/mol. The molecule has 1 amide bonds. The summed E-state index contributed by atoms with van der Waals surface area (Å²) in [6.45, 7) is 4.70. The highest BCUT2D eigenvalue weighted by molar-refractivity contribution is 7.89. The maximum absolute atomic E-state index is 14.0. The first kappa shape index (κ1) is 24.7. The number of benzene rings is 2. The largest absolute Gasteiger partial charge is 0.454 e. The van der Waals surface area contributed by atoms with Gasteiger partial charge in [0, 0.05) is 6.54 Å². The van der Waals surface area contributed by atoms with Crippen LogP contribution in [0.1, 0.15) is 20.8 Å². The van der Waals surface area contributed by atoms with Crippen molar-refractivity contribution in [3.8, 4) is 0 Å². The number of carbonyl (C=O) groups excluding carboxylic acids is 2. The Kier molecular flexibility index (Phi) is 7.77. The number of nitrogens with one attached hydrogen (secondary N) is 1. The number of sulfonamides is 1. The van der Waals surface area contributed by atoms with Gasteiger partial charge in [0.2, 0.25) is 10.0 Å². The van der Waals surface area contributed by atoms with Gasteiger partial charge in [0.25, 0.3) is 5.91 Å². The molecule has 0 radical (unpaired) electrons. The van der Waals surface area contributed by atoms with Crippen molar-refractivity contribution in [1.82, 2.24) is 9.71 Å². The van der Waals surface area contributed by atoms with E-state index in [-0.39, 0.29) is 0 Å². The standard InChI is InChI=1S/C22H24FN3O5S2/c1-4-26(22-24-16-10-6-7-11-17(16)32-22)19(27)13-31-21(28)20(14(2)3)25-33(29,30)18-12-8-5-9-15(18)23/h5-12,14,20,25H,4,13H2,1-3H3. The molecule has 0 aliphatic rings. The van der Waals surface area contributed by atoms with Crippen molar-refractivity contribution in [3.63, 3.8) is 0 Å². The minimum absolute atomic E-state index is 0.309. The van der Waals surface area contributed by atoms with E-state index in [1.165, 1.54) is 28.4 Å². The van der Waals surface area contributed by atoms with Gasteiger partial charge in [-0.2, -0.15) is 4.72 Å². The summed E-state index contributed by atoms with van der Waals surface area (Å²) in [5.41, 5.74) is 0.753. The third-order valence-corrected chi connectivity index (χ3v) is 7.33. The van der Waals surface area contributed by atoms with Crippen molar-refractivity contribution in [3.05, 3.63) is 54.3 Å². The number of thiazole rings is 1. The molecule has 1 heterocycles. The Balaban J connectivity index is 1.70. The van der Waals surface area contributed by atoms with Gasteiger partial charge in [-0.15, -0.1) is 0 Å². The molecule has 176 valence electrons. The third-order valence-electron chi connectivity index (χ3n) is 4.80. The molecule has 8 nitrogen and oxygen atoms in total. The number of fused-ring (bicyclic) bond motifs is 1. The van der Waals surface area contributed by atoms with Gasteiger partial charge >= 0.3 is 5.97 Å². The van der Waals surface area contributed by atoms with E-state index in [1.807, 2.05) is 24.3 Å². The number of ether oxygens (including phenoxy) is 1. The summed E-state index contributed by atoms with van der Waals surface area (Å²) >= 11 is 1.34. The number of hydrogen-bond acceptors (Lipinski definition) is 7. The van der Waals surface area contributed by atoms with Crippen LogP contribution < -0.4 is 9.62 Å². The van der Waals surface area contributed by atoms with Crippen molar-refractivity contribution < 1.29 is 27.1 Å². The molecule has 0 spiro atoms. The smallest absolute Gasteiger partial charge is 0.324 e. The highest BCUT2D eigenvalue weighted by Crippen LogP contribution is 2.28. The summed E-state index contributed by atoms with van der Waals surface area (Å²) < 4.78 is 47.4. The molecular weight excluding hydrogens is 469 g/mol. The van der Waals surface area contributed by atoms with Gasteiger partial charge < -0.3 is 4.74 Å². The fourth-order valence-corrected chi connectivity index (χ4v) is 5.50. The van der Waals surface area contributed by atoms with E-state index in [0.29, 0.717) is 11.7 Å². The van der Waals surface area contributed by atoms with Crippen LogP contribution in [-0.4, -0.2) is 44.5 Å². The molecule has 0 bridgehead atoms. The molecule has 2 aromatic carbocycles. The summed E-state index contributed by atoms with van der Waals surface area (Å²) in [7, 11) is -4.33. The average Bonchev–Trinajstić information content (AvgIpc) is 3.20. The van der Waals surface area contributed by atoms with E-state index in [2.05, 4.69) is 9.71 Å². The Morgan fingerprint density at radius 1 is 1.15 bits per heavy atom. The summed E-state index contributed by atoms with van der Waals surface area (Å²) in [6, 6.07) is 11.0. The van der Waals surface area contributed by atoms with Crippen molar-refractivity contribution >= 4 is 48.6 Å². The third kappa shape index (κ3) is 5.73. The Hall–Kier alpha value is -2.89. The molecule has 0 aliphatic carbocycles.